The van der Waals surface area contributed by atoms with E-state index in [0.717, 1.165) is 33.2 Å². The monoisotopic (exact) mass is 674 g/mol. The summed E-state index contributed by atoms with van der Waals surface area (Å²) < 4.78 is 2.42. The highest BCUT2D eigenvalue weighted by molar-refractivity contribution is 6.20. The molecule has 11 aromatic rings. The van der Waals surface area contributed by atoms with E-state index < -0.39 is 0 Å². The molecule has 0 saturated carbocycles. The maximum absolute atomic E-state index is 5.19. The van der Waals surface area contributed by atoms with Crippen molar-refractivity contribution in [2.24, 2.45) is 0 Å². The molecule has 4 heteroatoms. The predicted molar refractivity (Wildman–Crippen MR) is 220 cm³/mol. The van der Waals surface area contributed by atoms with Crippen molar-refractivity contribution in [3.63, 3.8) is 0 Å². The first-order chi connectivity index (χ1) is 26.3. The van der Waals surface area contributed by atoms with Crippen LogP contribution >= 0.6 is 0 Å². The summed E-state index contributed by atoms with van der Waals surface area (Å²) in [6.07, 6.45) is 0. The van der Waals surface area contributed by atoms with Crippen LogP contribution in [0.25, 0.3) is 105 Å². The summed E-state index contributed by atoms with van der Waals surface area (Å²) in [6.45, 7) is 0. The second-order valence-electron chi connectivity index (χ2n) is 13.6. The van der Waals surface area contributed by atoms with Gasteiger partial charge in [0.05, 0.1) is 11.0 Å². The SMILES string of the molecule is c1ccc(-c2nc(-c3ccc(-n4c5cc6ccccc6cc5c5ccc6ccccc6c54)cc3)nc(-c3cc4ccccc4c4ccccc34)n2)cc1. The fourth-order valence-electron chi connectivity index (χ4n) is 8.07. The molecule has 0 saturated heterocycles. The van der Waals surface area contributed by atoms with Crippen molar-refractivity contribution in [1.29, 1.82) is 0 Å². The van der Waals surface area contributed by atoms with Crippen LogP contribution in [0.1, 0.15) is 0 Å². The molecule has 246 valence electrons. The normalized spacial score (nSPS) is 11.8. The van der Waals surface area contributed by atoms with E-state index in [0.29, 0.717) is 17.5 Å². The van der Waals surface area contributed by atoms with Crippen molar-refractivity contribution >= 4 is 64.9 Å². The third-order valence-corrected chi connectivity index (χ3v) is 10.6. The third kappa shape index (κ3) is 4.73. The van der Waals surface area contributed by atoms with Gasteiger partial charge in [-0.3, -0.25) is 0 Å². The lowest BCUT2D eigenvalue weighted by atomic mass is 9.97. The van der Waals surface area contributed by atoms with Gasteiger partial charge in [-0.05, 0) is 80.2 Å². The highest BCUT2D eigenvalue weighted by Crippen LogP contribution is 2.39. The molecule has 0 unspecified atom stereocenters. The van der Waals surface area contributed by atoms with Gasteiger partial charge in [0.2, 0.25) is 0 Å². The molecule has 0 radical (unpaired) electrons. The second kappa shape index (κ2) is 11.7. The van der Waals surface area contributed by atoms with E-state index in [2.05, 4.69) is 168 Å². The molecule has 0 aliphatic carbocycles. The lowest BCUT2D eigenvalue weighted by Gasteiger charge is -2.13. The first kappa shape index (κ1) is 29.5. The maximum Gasteiger partial charge on any atom is 0.164 e. The van der Waals surface area contributed by atoms with Crippen LogP contribution in [0.2, 0.25) is 0 Å². The smallest absolute Gasteiger partial charge is 0.164 e. The Kier molecular flexibility index (Phi) is 6.52. The zero-order valence-corrected chi connectivity index (χ0v) is 28.6. The van der Waals surface area contributed by atoms with Crippen LogP contribution < -0.4 is 0 Å². The quantitative estimate of drug-likeness (QED) is 0.175. The van der Waals surface area contributed by atoms with Gasteiger partial charge in [-0.25, -0.2) is 15.0 Å². The Morgan fingerprint density at radius 3 is 1.64 bits per heavy atom. The lowest BCUT2D eigenvalue weighted by molar-refractivity contribution is 1.08. The second-order valence-corrected chi connectivity index (χ2v) is 13.6. The fourth-order valence-corrected chi connectivity index (χ4v) is 8.07. The van der Waals surface area contributed by atoms with Crippen LogP contribution in [0, 0.1) is 0 Å². The number of hydrogen-bond donors (Lipinski definition) is 0. The fraction of sp³-hybridized carbons (Fsp3) is 0. The van der Waals surface area contributed by atoms with E-state index >= 15 is 0 Å². The Hall–Kier alpha value is -7.17. The lowest BCUT2D eigenvalue weighted by Crippen LogP contribution is -2.01. The van der Waals surface area contributed by atoms with Gasteiger partial charge in [0.15, 0.2) is 17.5 Å². The minimum atomic E-state index is 0.635. The van der Waals surface area contributed by atoms with Crippen LogP contribution in [0.4, 0.5) is 0 Å². The Morgan fingerprint density at radius 1 is 0.321 bits per heavy atom. The Labute approximate surface area is 305 Å². The number of aromatic nitrogens is 4. The van der Waals surface area contributed by atoms with E-state index in [1.54, 1.807) is 0 Å². The van der Waals surface area contributed by atoms with E-state index in [-0.39, 0.29) is 0 Å². The Bertz CT molecular complexity index is 3220. The Morgan fingerprint density at radius 2 is 0.887 bits per heavy atom. The number of hydrogen-bond acceptors (Lipinski definition) is 3. The molecule has 2 aromatic heterocycles. The van der Waals surface area contributed by atoms with Crippen LogP contribution in [0.5, 0.6) is 0 Å². The van der Waals surface area contributed by atoms with Crippen LogP contribution in [0.15, 0.2) is 182 Å². The van der Waals surface area contributed by atoms with Crippen molar-refractivity contribution in [3.05, 3.63) is 182 Å². The number of fused-ring (bicyclic) bond motifs is 9. The largest absolute Gasteiger partial charge is 0.309 e. The predicted octanol–water partition coefficient (Wildman–Crippen LogP) is 12.6. The third-order valence-electron chi connectivity index (χ3n) is 10.6. The van der Waals surface area contributed by atoms with Crippen LogP contribution in [-0.2, 0) is 0 Å². The van der Waals surface area contributed by atoms with Crippen LogP contribution in [0.3, 0.4) is 0 Å². The van der Waals surface area contributed by atoms with Gasteiger partial charge in [0.25, 0.3) is 0 Å². The molecule has 0 N–H and O–H groups in total. The molecule has 4 nitrogen and oxygen atoms in total. The van der Waals surface area contributed by atoms with Crippen molar-refractivity contribution in [3.8, 4) is 39.9 Å². The average Bonchev–Trinajstić information content (AvgIpc) is 3.56. The molecule has 0 amide bonds. The highest BCUT2D eigenvalue weighted by atomic mass is 15.0. The zero-order chi connectivity index (χ0) is 34.9. The number of benzene rings is 9. The van der Waals surface area contributed by atoms with Gasteiger partial charge in [-0.1, -0.05) is 140 Å². The molecule has 9 aromatic carbocycles. The first-order valence-electron chi connectivity index (χ1n) is 17.9. The molecule has 0 spiro atoms. The molecule has 53 heavy (non-hydrogen) atoms. The van der Waals surface area contributed by atoms with Crippen molar-refractivity contribution in [2.45, 2.75) is 0 Å². The molecule has 2 heterocycles. The van der Waals surface area contributed by atoms with Gasteiger partial charge in [-0.15, -0.1) is 0 Å². The van der Waals surface area contributed by atoms with Crippen molar-refractivity contribution < 1.29 is 0 Å². The van der Waals surface area contributed by atoms with Gasteiger partial charge in [0, 0.05) is 38.5 Å². The molecule has 11 rings (SSSR count). The molecule has 0 bridgehead atoms. The zero-order valence-electron chi connectivity index (χ0n) is 28.6. The van der Waals surface area contributed by atoms with Gasteiger partial charge in [0.1, 0.15) is 0 Å². The minimum absolute atomic E-state index is 0.635. The summed E-state index contributed by atoms with van der Waals surface area (Å²) >= 11 is 0. The summed E-state index contributed by atoms with van der Waals surface area (Å²) in [4.78, 5) is 15.4. The molecule has 0 aliphatic rings. The maximum atomic E-state index is 5.19. The summed E-state index contributed by atoms with van der Waals surface area (Å²) in [5, 5.41) is 12.1. The number of rotatable bonds is 4. The van der Waals surface area contributed by atoms with Gasteiger partial charge >= 0.3 is 0 Å². The van der Waals surface area contributed by atoms with E-state index in [1.807, 2.05) is 18.2 Å². The average molecular weight is 675 g/mol. The molecule has 0 fully saturated rings. The van der Waals surface area contributed by atoms with E-state index in [4.69, 9.17) is 15.0 Å². The standard InChI is InChI=1S/C49H30N4/c1-2-13-32(14-3-1)47-50-48(52-49(51-47)44-29-36-17-7-8-18-38(36)40-20-10-11-21-41(40)44)33-22-25-37(26-23-33)53-45-30-35-16-5-4-15-34(35)28-43(45)42-27-24-31-12-6-9-19-39(31)46(42)53/h1-30H. The van der Waals surface area contributed by atoms with Gasteiger partial charge in [-0.2, -0.15) is 0 Å². The van der Waals surface area contributed by atoms with Gasteiger partial charge < -0.3 is 4.57 Å². The molecule has 0 aliphatic heterocycles. The van der Waals surface area contributed by atoms with Crippen molar-refractivity contribution in [2.75, 3.05) is 0 Å². The molecular weight excluding hydrogens is 645 g/mol. The van der Waals surface area contributed by atoms with Crippen LogP contribution in [-0.4, -0.2) is 19.5 Å². The molecule has 0 atom stereocenters. The summed E-state index contributed by atoms with van der Waals surface area (Å²) in [5.74, 6) is 1.93. The van der Waals surface area contributed by atoms with Crippen molar-refractivity contribution in [1.82, 2.24) is 19.5 Å². The summed E-state index contributed by atoms with van der Waals surface area (Å²) in [7, 11) is 0. The molecular formula is C49H30N4. The minimum Gasteiger partial charge on any atom is -0.309 e. The summed E-state index contributed by atoms with van der Waals surface area (Å²) in [6, 6.07) is 64.6. The summed E-state index contributed by atoms with van der Waals surface area (Å²) in [5.41, 5.74) is 6.33. The van der Waals surface area contributed by atoms with E-state index in [1.165, 1.54) is 54.1 Å². The topological polar surface area (TPSA) is 43.6 Å². The number of nitrogens with zero attached hydrogens (tertiary/aromatic N) is 4. The highest BCUT2D eigenvalue weighted by Gasteiger charge is 2.18. The first-order valence-corrected chi connectivity index (χ1v) is 17.9. The van der Waals surface area contributed by atoms with E-state index in [9.17, 15) is 0 Å². The Balaban J connectivity index is 1.12.